The highest BCUT2D eigenvalue weighted by molar-refractivity contribution is 6.32. The summed E-state index contributed by atoms with van der Waals surface area (Å²) in [5, 5.41) is 18.1. The van der Waals surface area contributed by atoms with E-state index in [-0.39, 0.29) is 17.1 Å². The number of aryl methyl sites for hydroxylation is 2. The van der Waals surface area contributed by atoms with Gasteiger partial charge in [-0.15, -0.1) is 0 Å². The van der Waals surface area contributed by atoms with Crippen molar-refractivity contribution in [1.82, 2.24) is 10.6 Å². The number of carbonyl (C=O) groups is 4. The first kappa shape index (κ1) is 26.3. The molecule has 0 radical (unpaired) electrons. The molecular weight excluding hydrogens is 468 g/mol. The third-order valence-corrected chi connectivity index (χ3v) is 4.96. The van der Waals surface area contributed by atoms with Gasteiger partial charge in [0.1, 0.15) is 11.6 Å². The van der Waals surface area contributed by atoms with Gasteiger partial charge in [-0.25, -0.2) is 0 Å². The van der Waals surface area contributed by atoms with Crippen molar-refractivity contribution < 1.29 is 28.8 Å². The molecule has 0 heterocycles. The predicted molar refractivity (Wildman–Crippen MR) is 124 cm³/mol. The summed E-state index contributed by atoms with van der Waals surface area (Å²) in [6, 6.07) is 8.97. The van der Waals surface area contributed by atoms with Gasteiger partial charge in [0.2, 0.25) is 5.91 Å². The lowest BCUT2D eigenvalue weighted by atomic mass is 10.1. The Labute approximate surface area is 200 Å². The maximum absolute atomic E-state index is 12.1. The van der Waals surface area contributed by atoms with Crippen LogP contribution in [-0.4, -0.2) is 47.8 Å². The number of hydrogen-bond donors (Lipinski definition) is 3. The molecule has 12 heteroatoms. The number of esters is 1. The van der Waals surface area contributed by atoms with Gasteiger partial charge in [-0.05, 0) is 44.0 Å². The van der Waals surface area contributed by atoms with Crippen LogP contribution < -0.4 is 16.0 Å². The number of para-hydroxylation sites is 1. The van der Waals surface area contributed by atoms with E-state index in [1.807, 2.05) is 32.0 Å². The number of hydrogen-bond acceptors (Lipinski definition) is 7. The van der Waals surface area contributed by atoms with Crippen LogP contribution in [-0.2, 0) is 19.1 Å². The molecule has 0 spiro atoms. The first-order valence-electron chi connectivity index (χ1n) is 10.0. The molecule has 0 aromatic heterocycles. The van der Waals surface area contributed by atoms with Gasteiger partial charge in [-0.2, -0.15) is 0 Å². The smallest absolute Gasteiger partial charge is 0.326 e. The second-order valence-corrected chi connectivity index (χ2v) is 7.68. The number of nitrogens with one attached hydrogen (secondary N) is 3. The number of halogens is 1. The highest BCUT2D eigenvalue weighted by atomic mass is 35.5. The molecule has 3 N–H and O–H groups in total. The van der Waals surface area contributed by atoms with Crippen molar-refractivity contribution in [3.63, 3.8) is 0 Å². The highest BCUT2D eigenvalue weighted by Crippen LogP contribution is 2.25. The lowest BCUT2D eigenvalue weighted by molar-refractivity contribution is -0.384. The molecule has 2 aromatic carbocycles. The zero-order valence-electron chi connectivity index (χ0n) is 18.6. The van der Waals surface area contributed by atoms with Crippen molar-refractivity contribution in [2.24, 2.45) is 0 Å². The molecule has 0 fully saturated rings. The van der Waals surface area contributed by atoms with Crippen LogP contribution in [0, 0.1) is 24.0 Å². The van der Waals surface area contributed by atoms with Crippen molar-refractivity contribution in [3.8, 4) is 0 Å². The predicted octanol–water partition coefficient (Wildman–Crippen LogP) is 2.28. The van der Waals surface area contributed by atoms with Gasteiger partial charge in [0.15, 0.2) is 6.10 Å². The standard InChI is InChI=1S/C22H23ClN4O7/c1-12-5-4-6-13(2)20(12)26-18(28)10-24-21(30)14(3)34-19(29)11-25-22(31)15-7-8-16(23)17(9-15)27(32)33/h4-9,14H,10-11H2,1-3H3,(H,24,30)(H,25,31)(H,26,28). The Balaban J connectivity index is 1.80. The second-order valence-electron chi connectivity index (χ2n) is 7.27. The molecule has 34 heavy (non-hydrogen) atoms. The number of benzene rings is 2. The third kappa shape index (κ3) is 7.27. The fraction of sp³-hybridized carbons (Fsp3) is 0.273. The van der Waals surface area contributed by atoms with E-state index in [0.717, 1.165) is 17.2 Å². The number of amides is 3. The molecule has 0 aliphatic heterocycles. The second kappa shape index (κ2) is 11.8. The Bertz CT molecular complexity index is 1120. The van der Waals surface area contributed by atoms with Crippen molar-refractivity contribution in [3.05, 3.63) is 68.2 Å². The van der Waals surface area contributed by atoms with Crippen LogP contribution in [0.5, 0.6) is 0 Å². The number of nitro groups is 1. The number of rotatable bonds is 9. The van der Waals surface area contributed by atoms with Gasteiger partial charge in [0, 0.05) is 17.3 Å². The van der Waals surface area contributed by atoms with Gasteiger partial charge in [-0.1, -0.05) is 29.8 Å². The van der Waals surface area contributed by atoms with Crippen molar-refractivity contribution in [2.75, 3.05) is 18.4 Å². The van der Waals surface area contributed by atoms with E-state index >= 15 is 0 Å². The lowest BCUT2D eigenvalue weighted by Crippen LogP contribution is -2.41. The van der Waals surface area contributed by atoms with Gasteiger partial charge >= 0.3 is 5.97 Å². The van der Waals surface area contributed by atoms with E-state index in [9.17, 15) is 29.3 Å². The molecule has 0 aliphatic rings. The summed E-state index contributed by atoms with van der Waals surface area (Å²) in [5.74, 6) is -2.84. The SMILES string of the molecule is Cc1cccc(C)c1NC(=O)CNC(=O)C(C)OC(=O)CNC(=O)c1ccc(Cl)c([N+](=O)[O-])c1. The average Bonchev–Trinajstić information content (AvgIpc) is 2.78. The Morgan fingerprint density at radius 2 is 1.71 bits per heavy atom. The van der Waals surface area contributed by atoms with Crippen LogP contribution in [0.15, 0.2) is 36.4 Å². The van der Waals surface area contributed by atoms with E-state index in [4.69, 9.17) is 16.3 Å². The monoisotopic (exact) mass is 490 g/mol. The van der Waals surface area contributed by atoms with Crippen LogP contribution in [0.25, 0.3) is 0 Å². The van der Waals surface area contributed by atoms with E-state index in [1.165, 1.54) is 19.1 Å². The minimum absolute atomic E-state index is 0.0791. The van der Waals surface area contributed by atoms with E-state index in [1.54, 1.807) is 0 Å². The summed E-state index contributed by atoms with van der Waals surface area (Å²) in [6.45, 7) is 4.08. The number of anilines is 1. The van der Waals surface area contributed by atoms with Crippen LogP contribution in [0.3, 0.4) is 0 Å². The minimum atomic E-state index is -1.23. The Morgan fingerprint density at radius 3 is 2.32 bits per heavy atom. The quantitative estimate of drug-likeness (QED) is 0.276. The molecule has 0 aliphatic carbocycles. The molecule has 0 saturated heterocycles. The Morgan fingerprint density at radius 1 is 1.06 bits per heavy atom. The fourth-order valence-corrected chi connectivity index (χ4v) is 3.03. The largest absolute Gasteiger partial charge is 0.451 e. The van der Waals surface area contributed by atoms with Gasteiger partial charge < -0.3 is 20.7 Å². The summed E-state index contributed by atoms with van der Waals surface area (Å²) in [5.41, 5.74) is 1.87. The average molecular weight is 491 g/mol. The molecule has 180 valence electrons. The topological polar surface area (TPSA) is 157 Å². The van der Waals surface area contributed by atoms with E-state index in [2.05, 4.69) is 16.0 Å². The highest BCUT2D eigenvalue weighted by Gasteiger charge is 2.20. The molecular formula is C22H23ClN4O7. The summed E-state index contributed by atoms with van der Waals surface area (Å²) < 4.78 is 4.94. The molecule has 1 unspecified atom stereocenters. The zero-order chi connectivity index (χ0) is 25.4. The molecule has 2 aromatic rings. The van der Waals surface area contributed by atoms with Crippen molar-refractivity contribution in [1.29, 1.82) is 0 Å². The first-order valence-corrected chi connectivity index (χ1v) is 10.4. The van der Waals surface area contributed by atoms with Crippen LogP contribution in [0.4, 0.5) is 11.4 Å². The van der Waals surface area contributed by atoms with Gasteiger partial charge in [0.05, 0.1) is 11.5 Å². The summed E-state index contributed by atoms with van der Waals surface area (Å²) in [7, 11) is 0. The van der Waals surface area contributed by atoms with Crippen LogP contribution in [0.1, 0.15) is 28.4 Å². The van der Waals surface area contributed by atoms with Crippen molar-refractivity contribution in [2.45, 2.75) is 26.9 Å². The number of carbonyl (C=O) groups excluding carboxylic acids is 4. The van der Waals surface area contributed by atoms with E-state index in [0.29, 0.717) is 5.69 Å². The number of nitro benzene ring substituents is 1. The number of nitrogens with zero attached hydrogens (tertiary/aromatic N) is 1. The molecule has 1 atom stereocenters. The van der Waals surface area contributed by atoms with Crippen LogP contribution in [0.2, 0.25) is 5.02 Å². The van der Waals surface area contributed by atoms with Crippen LogP contribution >= 0.6 is 11.6 Å². The van der Waals surface area contributed by atoms with Gasteiger partial charge in [-0.3, -0.25) is 29.3 Å². The van der Waals surface area contributed by atoms with E-state index < -0.39 is 47.0 Å². The van der Waals surface area contributed by atoms with Crippen molar-refractivity contribution >= 4 is 46.7 Å². The minimum Gasteiger partial charge on any atom is -0.451 e. The van der Waals surface area contributed by atoms with Gasteiger partial charge in [0.25, 0.3) is 17.5 Å². The maximum Gasteiger partial charge on any atom is 0.326 e. The summed E-state index contributed by atoms with van der Waals surface area (Å²) >= 11 is 5.70. The molecule has 3 amide bonds. The molecule has 0 saturated carbocycles. The molecule has 2 rings (SSSR count). The normalized spacial score (nSPS) is 11.2. The first-order chi connectivity index (χ1) is 16.0. The summed E-state index contributed by atoms with van der Waals surface area (Å²) in [4.78, 5) is 58.5. The third-order valence-electron chi connectivity index (χ3n) is 4.64. The summed E-state index contributed by atoms with van der Waals surface area (Å²) in [6.07, 6.45) is -1.23. The zero-order valence-corrected chi connectivity index (χ0v) is 19.4. The lowest BCUT2D eigenvalue weighted by Gasteiger charge is -2.15. The molecule has 11 nitrogen and oxygen atoms in total. The Kier molecular flexibility index (Phi) is 9.08. The molecule has 0 bridgehead atoms. The fourth-order valence-electron chi connectivity index (χ4n) is 2.85. The number of ether oxygens (including phenoxy) is 1. The maximum atomic E-state index is 12.1. The Hall–Kier alpha value is -3.99.